The van der Waals surface area contributed by atoms with Gasteiger partial charge in [0.1, 0.15) is 11.4 Å². The molecule has 4 heteroatoms. The monoisotopic (exact) mass is 192 g/mol. The summed E-state index contributed by atoms with van der Waals surface area (Å²) in [5, 5.41) is 5.98. The van der Waals surface area contributed by atoms with Gasteiger partial charge in [-0.15, -0.1) is 0 Å². The van der Waals surface area contributed by atoms with Gasteiger partial charge in [0, 0.05) is 13.0 Å². The number of anilines is 2. The summed E-state index contributed by atoms with van der Waals surface area (Å²) in [7, 11) is 1.62. The smallest absolute Gasteiger partial charge is 0.226 e. The van der Waals surface area contributed by atoms with Crippen molar-refractivity contribution in [2.24, 2.45) is 0 Å². The third-order valence-electron chi connectivity index (χ3n) is 2.17. The van der Waals surface area contributed by atoms with Crippen LogP contribution >= 0.6 is 0 Å². The van der Waals surface area contributed by atoms with E-state index in [-0.39, 0.29) is 5.91 Å². The Balaban J connectivity index is 2.43. The van der Waals surface area contributed by atoms with Crippen LogP contribution in [0.25, 0.3) is 0 Å². The minimum absolute atomic E-state index is 0.0319. The molecule has 1 aliphatic rings. The summed E-state index contributed by atoms with van der Waals surface area (Å²) in [6, 6.07) is 5.57. The quantitative estimate of drug-likeness (QED) is 0.708. The van der Waals surface area contributed by atoms with Gasteiger partial charge < -0.3 is 15.4 Å². The molecule has 0 fully saturated rings. The minimum atomic E-state index is 0.0319. The first-order chi connectivity index (χ1) is 6.81. The second-order valence-corrected chi connectivity index (χ2v) is 3.11. The zero-order valence-corrected chi connectivity index (χ0v) is 7.96. The molecule has 1 amide bonds. The van der Waals surface area contributed by atoms with E-state index < -0.39 is 0 Å². The van der Waals surface area contributed by atoms with E-state index in [1.807, 2.05) is 18.2 Å². The minimum Gasteiger partial charge on any atom is -0.495 e. The molecule has 1 aromatic carbocycles. The zero-order chi connectivity index (χ0) is 9.97. The Bertz CT molecular complexity index is 363. The normalized spacial score (nSPS) is 14.8. The third kappa shape index (κ3) is 1.51. The summed E-state index contributed by atoms with van der Waals surface area (Å²) in [6.45, 7) is 0.638. The van der Waals surface area contributed by atoms with E-state index in [0.29, 0.717) is 13.0 Å². The molecule has 0 bridgehead atoms. The number of fused-ring (bicyclic) bond motifs is 1. The van der Waals surface area contributed by atoms with Crippen LogP contribution in [-0.4, -0.2) is 19.6 Å². The largest absolute Gasteiger partial charge is 0.495 e. The van der Waals surface area contributed by atoms with E-state index in [1.54, 1.807) is 7.11 Å². The van der Waals surface area contributed by atoms with Crippen molar-refractivity contribution in [1.82, 2.24) is 0 Å². The molecule has 0 aromatic heterocycles. The number of rotatable bonds is 1. The Morgan fingerprint density at radius 1 is 1.43 bits per heavy atom. The molecule has 74 valence electrons. The Hall–Kier alpha value is -1.71. The number of carbonyl (C=O) groups excluding carboxylic acids is 1. The second-order valence-electron chi connectivity index (χ2n) is 3.11. The molecule has 0 atom stereocenters. The van der Waals surface area contributed by atoms with Gasteiger partial charge in [0.2, 0.25) is 5.91 Å². The fraction of sp³-hybridized carbons (Fsp3) is 0.300. The molecule has 0 saturated heterocycles. The standard InChI is InChI=1S/C10H12N2O2/c1-14-8-4-2-3-7-10(8)11-6-5-9(13)12-7/h2-4,11H,5-6H2,1H3,(H,12,13). The lowest BCUT2D eigenvalue weighted by atomic mass is 10.2. The van der Waals surface area contributed by atoms with E-state index in [0.717, 1.165) is 17.1 Å². The summed E-state index contributed by atoms with van der Waals surface area (Å²) >= 11 is 0. The van der Waals surface area contributed by atoms with E-state index in [9.17, 15) is 4.79 Å². The lowest BCUT2D eigenvalue weighted by Crippen LogP contribution is -2.10. The fourth-order valence-electron chi connectivity index (χ4n) is 1.50. The average Bonchev–Trinajstić information content (AvgIpc) is 2.37. The van der Waals surface area contributed by atoms with E-state index in [2.05, 4.69) is 10.6 Å². The predicted octanol–water partition coefficient (Wildman–Crippen LogP) is 1.45. The SMILES string of the molecule is COc1cccc2c1NCCC(=O)N2. The molecular formula is C10H12N2O2. The summed E-state index contributed by atoms with van der Waals surface area (Å²) in [6.07, 6.45) is 0.484. The van der Waals surface area contributed by atoms with Gasteiger partial charge in [-0.2, -0.15) is 0 Å². The topological polar surface area (TPSA) is 50.4 Å². The number of para-hydroxylation sites is 1. The summed E-state index contributed by atoms with van der Waals surface area (Å²) in [4.78, 5) is 11.3. The Morgan fingerprint density at radius 2 is 2.29 bits per heavy atom. The molecule has 1 aromatic rings. The summed E-state index contributed by atoms with van der Waals surface area (Å²) in [5.41, 5.74) is 1.65. The van der Waals surface area contributed by atoms with Crippen molar-refractivity contribution in [3.05, 3.63) is 18.2 Å². The number of hydrogen-bond acceptors (Lipinski definition) is 3. The van der Waals surface area contributed by atoms with Crippen LogP contribution in [-0.2, 0) is 4.79 Å². The van der Waals surface area contributed by atoms with Crippen molar-refractivity contribution in [3.63, 3.8) is 0 Å². The molecule has 4 nitrogen and oxygen atoms in total. The van der Waals surface area contributed by atoms with Gasteiger partial charge in [-0.05, 0) is 12.1 Å². The summed E-state index contributed by atoms with van der Waals surface area (Å²) in [5.74, 6) is 0.786. The maximum absolute atomic E-state index is 11.3. The summed E-state index contributed by atoms with van der Waals surface area (Å²) < 4.78 is 5.19. The number of nitrogens with one attached hydrogen (secondary N) is 2. The molecular weight excluding hydrogens is 180 g/mol. The highest BCUT2D eigenvalue weighted by Crippen LogP contribution is 2.33. The van der Waals surface area contributed by atoms with E-state index in [4.69, 9.17) is 4.74 Å². The van der Waals surface area contributed by atoms with Crippen LogP contribution in [0.2, 0.25) is 0 Å². The number of amides is 1. The first kappa shape index (κ1) is 8.87. The lowest BCUT2D eigenvalue weighted by Gasteiger charge is -2.11. The Morgan fingerprint density at radius 3 is 3.07 bits per heavy atom. The fourth-order valence-corrected chi connectivity index (χ4v) is 1.50. The number of hydrogen-bond donors (Lipinski definition) is 2. The van der Waals surface area contributed by atoms with Gasteiger partial charge in [0.05, 0.1) is 12.8 Å². The van der Waals surface area contributed by atoms with Crippen molar-refractivity contribution < 1.29 is 9.53 Å². The van der Waals surface area contributed by atoms with Crippen molar-refractivity contribution in [2.75, 3.05) is 24.3 Å². The molecule has 2 N–H and O–H groups in total. The van der Waals surface area contributed by atoms with Crippen LogP contribution in [0.15, 0.2) is 18.2 Å². The van der Waals surface area contributed by atoms with Crippen LogP contribution in [0.4, 0.5) is 11.4 Å². The van der Waals surface area contributed by atoms with E-state index >= 15 is 0 Å². The highest BCUT2D eigenvalue weighted by Gasteiger charge is 2.14. The number of ether oxygens (including phenoxy) is 1. The van der Waals surface area contributed by atoms with Crippen molar-refractivity contribution in [2.45, 2.75) is 6.42 Å². The average molecular weight is 192 g/mol. The number of carbonyl (C=O) groups is 1. The van der Waals surface area contributed by atoms with Crippen LogP contribution in [0.3, 0.4) is 0 Å². The van der Waals surface area contributed by atoms with Gasteiger partial charge >= 0.3 is 0 Å². The van der Waals surface area contributed by atoms with Crippen molar-refractivity contribution in [3.8, 4) is 5.75 Å². The van der Waals surface area contributed by atoms with Crippen molar-refractivity contribution in [1.29, 1.82) is 0 Å². The predicted molar refractivity (Wildman–Crippen MR) is 54.7 cm³/mol. The molecule has 1 heterocycles. The van der Waals surface area contributed by atoms with Gasteiger partial charge in [0.15, 0.2) is 0 Å². The first-order valence-corrected chi connectivity index (χ1v) is 4.52. The zero-order valence-electron chi connectivity index (χ0n) is 7.96. The van der Waals surface area contributed by atoms with Crippen LogP contribution < -0.4 is 15.4 Å². The van der Waals surface area contributed by atoms with E-state index in [1.165, 1.54) is 0 Å². The van der Waals surface area contributed by atoms with Crippen LogP contribution in [0, 0.1) is 0 Å². The third-order valence-corrected chi connectivity index (χ3v) is 2.17. The molecule has 0 aliphatic carbocycles. The molecule has 2 rings (SSSR count). The first-order valence-electron chi connectivity index (χ1n) is 4.52. The Kier molecular flexibility index (Phi) is 2.26. The molecule has 0 spiro atoms. The molecule has 1 aliphatic heterocycles. The van der Waals surface area contributed by atoms with Gasteiger partial charge in [-0.1, -0.05) is 6.07 Å². The van der Waals surface area contributed by atoms with Gasteiger partial charge in [-0.25, -0.2) is 0 Å². The van der Waals surface area contributed by atoms with Gasteiger partial charge in [0.25, 0.3) is 0 Å². The second kappa shape index (κ2) is 3.57. The van der Waals surface area contributed by atoms with Crippen molar-refractivity contribution >= 4 is 17.3 Å². The Labute approximate surface area is 82.3 Å². The molecule has 0 radical (unpaired) electrons. The molecule has 0 saturated carbocycles. The van der Waals surface area contributed by atoms with Gasteiger partial charge in [-0.3, -0.25) is 4.79 Å². The maximum Gasteiger partial charge on any atom is 0.226 e. The highest BCUT2D eigenvalue weighted by atomic mass is 16.5. The molecule has 0 unspecified atom stereocenters. The molecule has 14 heavy (non-hydrogen) atoms. The van der Waals surface area contributed by atoms with Crippen LogP contribution in [0.1, 0.15) is 6.42 Å². The van der Waals surface area contributed by atoms with Crippen LogP contribution in [0.5, 0.6) is 5.75 Å². The number of methoxy groups -OCH3 is 1. The maximum atomic E-state index is 11.3. The number of benzene rings is 1. The lowest BCUT2D eigenvalue weighted by molar-refractivity contribution is -0.115. The highest BCUT2D eigenvalue weighted by molar-refractivity contribution is 5.97.